The van der Waals surface area contributed by atoms with Crippen LogP contribution in [0.2, 0.25) is 0 Å². The molecule has 2 atom stereocenters. The van der Waals surface area contributed by atoms with E-state index >= 15 is 0 Å². The lowest BCUT2D eigenvalue weighted by Gasteiger charge is -2.40. The summed E-state index contributed by atoms with van der Waals surface area (Å²) in [4.78, 5) is 46.0. The smallest absolute Gasteiger partial charge is 0.392 e. The first-order chi connectivity index (χ1) is 20.1. The van der Waals surface area contributed by atoms with Gasteiger partial charge in [-0.3, -0.25) is 19.4 Å². The minimum Gasteiger partial charge on any atom is -0.392 e. The number of hydrogen-bond donors (Lipinski definition) is 3. The number of aliphatic hydroxyl groups excluding tert-OH is 1. The lowest BCUT2D eigenvalue weighted by Crippen LogP contribution is -2.61. The Bertz CT molecular complexity index is 1400. The summed E-state index contributed by atoms with van der Waals surface area (Å²) in [6, 6.07) is 8.11. The van der Waals surface area contributed by atoms with Crippen molar-refractivity contribution < 1.29 is 37.1 Å². The number of hydrazone groups is 1. The number of benzene rings is 1. The van der Waals surface area contributed by atoms with Gasteiger partial charge in [0.25, 0.3) is 5.91 Å². The van der Waals surface area contributed by atoms with Crippen molar-refractivity contribution in [2.24, 2.45) is 16.3 Å². The van der Waals surface area contributed by atoms with E-state index in [0.29, 0.717) is 16.3 Å². The second-order valence-corrected chi connectivity index (χ2v) is 11.5. The Kier molecular flexibility index (Phi) is 9.21. The monoisotopic (exact) mass is 606 g/mol. The van der Waals surface area contributed by atoms with E-state index in [4.69, 9.17) is 5.73 Å². The van der Waals surface area contributed by atoms with Gasteiger partial charge in [0.05, 0.1) is 17.9 Å². The summed E-state index contributed by atoms with van der Waals surface area (Å²) < 4.78 is 54.2. The fourth-order valence-corrected chi connectivity index (χ4v) is 5.27. The molecular weight excluding hydrogens is 572 g/mol. The number of aliphatic hydroxyl groups is 1. The summed E-state index contributed by atoms with van der Waals surface area (Å²) in [6.07, 6.45) is -3.02. The summed E-state index contributed by atoms with van der Waals surface area (Å²) in [7, 11) is 0. The van der Waals surface area contributed by atoms with E-state index in [9.17, 15) is 37.1 Å². The van der Waals surface area contributed by atoms with Crippen LogP contribution < -0.4 is 11.1 Å². The van der Waals surface area contributed by atoms with Gasteiger partial charge in [-0.1, -0.05) is 18.2 Å². The highest BCUT2D eigenvalue weighted by Crippen LogP contribution is 2.39. The first kappa shape index (κ1) is 32.0. The van der Waals surface area contributed by atoms with E-state index in [1.165, 1.54) is 37.1 Å². The second kappa shape index (κ2) is 12.4. The van der Waals surface area contributed by atoms with Gasteiger partial charge in [0, 0.05) is 43.4 Å². The van der Waals surface area contributed by atoms with E-state index in [2.05, 4.69) is 15.4 Å². The Balaban J connectivity index is 1.62. The van der Waals surface area contributed by atoms with E-state index in [0.717, 1.165) is 0 Å². The molecule has 3 amide bonds. The number of fused-ring (bicyclic) bond motifs is 1. The van der Waals surface area contributed by atoms with Crippen LogP contribution in [-0.4, -0.2) is 80.8 Å². The van der Waals surface area contributed by atoms with Crippen molar-refractivity contribution in [3.63, 3.8) is 0 Å². The SMILES string of the molecule is CC(C)(N)C(=O)N[C@H](CCc1ccc(CO)c(F)c1)C(=O)N1CCC2=NN(CC(F)(F)F)C(=O)[C@]2(Cc2ccccn2)C1. The molecule has 4 rings (SSSR count). The van der Waals surface area contributed by atoms with Crippen molar-refractivity contribution in [2.45, 2.75) is 63.9 Å². The molecule has 0 bridgehead atoms. The summed E-state index contributed by atoms with van der Waals surface area (Å²) in [6.45, 7) is 0.660. The molecule has 2 aromatic rings. The molecular formula is C29H34F4N6O4. The second-order valence-electron chi connectivity index (χ2n) is 11.5. The topological polar surface area (TPSA) is 141 Å². The maximum absolute atomic E-state index is 14.3. The molecule has 4 N–H and O–H groups in total. The number of likely N-dealkylation sites (tertiary alicyclic amines) is 1. The molecule has 1 aromatic heterocycles. The molecule has 2 aliphatic rings. The van der Waals surface area contributed by atoms with Crippen LogP contribution in [-0.2, 0) is 33.8 Å². The van der Waals surface area contributed by atoms with Gasteiger partial charge in [-0.2, -0.15) is 18.3 Å². The molecule has 0 aliphatic carbocycles. The Morgan fingerprint density at radius 1 is 1.21 bits per heavy atom. The average Bonchev–Trinajstić information content (AvgIpc) is 3.19. The number of aryl methyl sites for hydroxylation is 1. The third-order valence-corrected chi connectivity index (χ3v) is 7.56. The van der Waals surface area contributed by atoms with E-state index < -0.39 is 59.9 Å². The number of hydrogen-bond acceptors (Lipinski definition) is 7. The zero-order chi connectivity index (χ0) is 31.6. The minimum absolute atomic E-state index is 0.0373. The van der Waals surface area contributed by atoms with E-state index in [-0.39, 0.29) is 50.0 Å². The highest BCUT2D eigenvalue weighted by molar-refractivity contribution is 6.13. The molecule has 2 aliphatic heterocycles. The number of nitrogens with one attached hydrogen (secondary N) is 1. The third kappa shape index (κ3) is 7.36. The van der Waals surface area contributed by atoms with Crippen LogP contribution in [0, 0.1) is 11.2 Å². The number of pyridine rings is 1. The van der Waals surface area contributed by atoms with Crippen molar-refractivity contribution in [2.75, 3.05) is 19.6 Å². The van der Waals surface area contributed by atoms with Crippen LogP contribution in [0.15, 0.2) is 47.7 Å². The first-order valence-electron chi connectivity index (χ1n) is 13.8. The fraction of sp³-hybridized carbons (Fsp3) is 0.483. The standard InChI is InChI=1S/C29H34F4N6O4/c1-27(2,34)25(42)36-22(9-7-18-6-8-19(15-40)21(30)13-18)24(41)38-12-10-23-28(16-38,14-20-5-3-4-11-35-20)26(43)39(37-23)17-29(31,32)33/h3-6,8,11,13,22,40H,7,9-10,12,14-17,34H2,1-2H3,(H,36,42)/t22-,28-/m1/s1. The Labute approximate surface area is 245 Å². The van der Waals surface area contributed by atoms with Crippen molar-refractivity contribution in [1.29, 1.82) is 0 Å². The molecule has 1 fully saturated rings. The fourth-order valence-electron chi connectivity index (χ4n) is 5.27. The van der Waals surface area contributed by atoms with Gasteiger partial charge < -0.3 is 21.1 Å². The number of nitrogens with zero attached hydrogens (tertiary/aromatic N) is 4. The predicted molar refractivity (Wildman–Crippen MR) is 148 cm³/mol. The van der Waals surface area contributed by atoms with Crippen molar-refractivity contribution in [3.05, 3.63) is 65.2 Å². The van der Waals surface area contributed by atoms with Gasteiger partial charge in [-0.25, -0.2) is 9.40 Å². The average molecular weight is 607 g/mol. The van der Waals surface area contributed by atoms with Crippen molar-refractivity contribution >= 4 is 23.4 Å². The van der Waals surface area contributed by atoms with Gasteiger partial charge in [-0.15, -0.1) is 0 Å². The van der Waals surface area contributed by atoms with Crippen molar-refractivity contribution in [1.82, 2.24) is 20.2 Å². The summed E-state index contributed by atoms with van der Waals surface area (Å²) in [5.74, 6) is -2.68. The Morgan fingerprint density at radius 2 is 1.95 bits per heavy atom. The number of carbonyl (C=O) groups is 3. The lowest BCUT2D eigenvalue weighted by molar-refractivity contribution is -0.164. The van der Waals surface area contributed by atoms with Crippen molar-refractivity contribution in [3.8, 4) is 0 Å². The van der Waals surface area contributed by atoms with Gasteiger partial charge in [0.1, 0.15) is 23.8 Å². The molecule has 10 nitrogen and oxygen atoms in total. The highest BCUT2D eigenvalue weighted by atomic mass is 19.4. The molecule has 1 saturated heterocycles. The Hall–Kier alpha value is -3.91. The molecule has 0 spiro atoms. The lowest BCUT2D eigenvalue weighted by atomic mass is 9.74. The first-order valence-corrected chi connectivity index (χ1v) is 13.8. The number of alkyl halides is 3. The summed E-state index contributed by atoms with van der Waals surface area (Å²) in [5, 5.41) is 16.4. The maximum atomic E-state index is 14.3. The number of piperidine rings is 1. The van der Waals surface area contributed by atoms with Crippen LogP contribution in [0.3, 0.4) is 0 Å². The van der Waals surface area contributed by atoms with Crippen LogP contribution in [0.5, 0.6) is 0 Å². The number of nitrogens with two attached hydrogens (primary N) is 1. The zero-order valence-corrected chi connectivity index (χ0v) is 23.8. The summed E-state index contributed by atoms with van der Waals surface area (Å²) >= 11 is 0. The predicted octanol–water partition coefficient (Wildman–Crippen LogP) is 2.09. The Morgan fingerprint density at radius 3 is 2.56 bits per heavy atom. The maximum Gasteiger partial charge on any atom is 0.408 e. The number of amides is 3. The molecule has 0 radical (unpaired) electrons. The quantitative estimate of drug-likeness (QED) is 0.354. The van der Waals surface area contributed by atoms with Crippen LogP contribution in [0.1, 0.15) is 43.5 Å². The van der Waals surface area contributed by atoms with Crippen LogP contribution in [0.4, 0.5) is 17.6 Å². The number of carbonyl (C=O) groups excluding carboxylic acids is 3. The molecule has 0 saturated carbocycles. The molecule has 43 heavy (non-hydrogen) atoms. The molecule has 232 valence electrons. The van der Waals surface area contributed by atoms with Gasteiger partial charge >= 0.3 is 6.18 Å². The van der Waals surface area contributed by atoms with Crippen LogP contribution in [0.25, 0.3) is 0 Å². The normalized spacial score (nSPS) is 19.6. The number of aromatic nitrogens is 1. The minimum atomic E-state index is -4.69. The largest absolute Gasteiger partial charge is 0.408 e. The van der Waals surface area contributed by atoms with E-state index in [1.807, 2.05) is 0 Å². The zero-order valence-electron chi connectivity index (χ0n) is 23.8. The third-order valence-electron chi connectivity index (χ3n) is 7.56. The molecule has 14 heteroatoms. The molecule has 1 aromatic carbocycles. The highest BCUT2D eigenvalue weighted by Gasteiger charge is 2.56. The molecule has 0 unspecified atom stereocenters. The van der Waals surface area contributed by atoms with E-state index in [1.54, 1.807) is 24.3 Å². The number of rotatable bonds is 10. The van der Waals surface area contributed by atoms with Gasteiger partial charge in [-0.05, 0) is 50.5 Å². The number of halogens is 4. The van der Waals surface area contributed by atoms with Gasteiger partial charge in [0.2, 0.25) is 11.8 Å². The van der Waals surface area contributed by atoms with Gasteiger partial charge in [0.15, 0.2) is 0 Å². The summed E-state index contributed by atoms with van der Waals surface area (Å²) in [5.41, 5.74) is 4.34. The van der Waals surface area contributed by atoms with Crippen LogP contribution >= 0.6 is 0 Å². The molecule has 3 heterocycles.